The highest BCUT2D eigenvalue weighted by Crippen LogP contribution is 2.30. The maximum Gasteiger partial charge on any atom is 0.186 e. The molecule has 1 saturated heterocycles. The number of hydrogen-bond donors (Lipinski definition) is 6. The molecule has 0 radical (unpaired) electrons. The molecule has 0 spiro atoms. The molecule has 0 bridgehead atoms. The molecule has 1 fully saturated rings. The molecule has 0 aromatic heterocycles. The number of methoxy groups -OCH3 is 2. The number of aliphatic hydroxyl groups excluding tert-OH is 6. The van der Waals surface area contributed by atoms with E-state index in [4.69, 9.17) is 53.2 Å². The summed E-state index contributed by atoms with van der Waals surface area (Å²) in [5, 5.41) is 59.4. The Morgan fingerprint density at radius 3 is 2.08 bits per heavy atom. The minimum atomic E-state index is -1.25. The van der Waals surface area contributed by atoms with E-state index in [9.17, 15) is 15.3 Å². The van der Waals surface area contributed by atoms with Gasteiger partial charge in [0.1, 0.15) is 12.2 Å². The Morgan fingerprint density at radius 1 is 0.795 bits per heavy atom. The van der Waals surface area contributed by atoms with Crippen molar-refractivity contribution in [1.82, 2.24) is 0 Å². The summed E-state index contributed by atoms with van der Waals surface area (Å²) in [5.74, 6) is -1.10. The van der Waals surface area contributed by atoms with Crippen LogP contribution in [-0.4, -0.2) is 167 Å². The molecule has 234 valence electrons. The maximum atomic E-state index is 11.0. The molecule has 0 aliphatic carbocycles. The Balaban J connectivity index is 2.71. The van der Waals surface area contributed by atoms with Gasteiger partial charge in [0.05, 0.1) is 104 Å². The topological polar surface area (TPSA) is 195 Å². The second-order valence-corrected chi connectivity index (χ2v) is 9.14. The summed E-state index contributed by atoms with van der Waals surface area (Å²) < 4.78 is 44.1. The molecule has 1 heterocycles. The van der Waals surface area contributed by atoms with Crippen molar-refractivity contribution in [3.05, 3.63) is 0 Å². The van der Waals surface area contributed by atoms with Gasteiger partial charge in [0.25, 0.3) is 0 Å². The van der Waals surface area contributed by atoms with Gasteiger partial charge < -0.3 is 68.5 Å². The van der Waals surface area contributed by atoms with Crippen molar-refractivity contribution < 1.29 is 68.5 Å². The van der Waals surface area contributed by atoms with Gasteiger partial charge in [-0.3, -0.25) is 0 Å². The third kappa shape index (κ3) is 12.9. The zero-order valence-electron chi connectivity index (χ0n) is 23.3. The zero-order valence-corrected chi connectivity index (χ0v) is 23.3. The molecule has 1 aliphatic heterocycles. The van der Waals surface area contributed by atoms with Crippen LogP contribution in [-0.2, 0) is 37.9 Å². The first-order valence-corrected chi connectivity index (χ1v) is 13.4. The SMILES string of the molecule is CCC(C(COCCOCCO)OC)C(O)C(O)COCC1C(COCCO)OC(OC)C(OCCO)C1O. The number of aliphatic hydroxyl groups is 6. The summed E-state index contributed by atoms with van der Waals surface area (Å²) in [6.45, 7) is 2.17. The predicted octanol–water partition coefficient (Wildman–Crippen LogP) is -2.47. The lowest BCUT2D eigenvalue weighted by Crippen LogP contribution is -2.58. The monoisotopic (exact) mass is 574 g/mol. The second kappa shape index (κ2) is 22.1. The van der Waals surface area contributed by atoms with E-state index in [1.807, 2.05) is 6.92 Å². The Morgan fingerprint density at radius 2 is 1.46 bits per heavy atom. The first-order valence-electron chi connectivity index (χ1n) is 13.4. The van der Waals surface area contributed by atoms with Gasteiger partial charge in [0.2, 0.25) is 0 Å². The van der Waals surface area contributed by atoms with Crippen molar-refractivity contribution in [1.29, 1.82) is 0 Å². The van der Waals surface area contributed by atoms with E-state index >= 15 is 0 Å². The van der Waals surface area contributed by atoms with Gasteiger partial charge in [-0.05, 0) is 6.42 Å². The van der Waals surface area contributed by atoms with Crippen molar-refractivity contribution in [2.45, 2.75) is 56.3 Å². The number of hydrogen-bond acceptors (Lipinski definition) is 14. The van der Waals surface area contributed by atoms with Gasteiger partial charge >= 0.3 is 0 Å². The molecule has 6 N–H and O–H groups in total. The first kappa shape index (κ1) is 36.5. The largest absolute Gasteiger partial charge is 0.394 e. The van der Waals surface area contributed by atoms with E-state index in [1.165, 1.54) is 14.2 Å². The molecule has 0 saturated carbocycles. The molecule has 14 nitrogen and oxygen atoms in total. The predicted molar refractivity (Wildman–Crippen MR) is 136 cm³/mol. The molecule has 1 rings (SSSR count). The fourth-order valence-electron chi connectivity index (χ4n) is 4.45. The van der Waals surface area contributed by atoms with E-state index < -0.39 is 54.7 Å². The summed E-state index contributed by atoms with van der Waals surface area (Å²) in [4.78, 5) is 0. The van der Waals surface area contributed by atoms with Crippen LogP contribution in [0.5, 0.6) is 0 Å². The molecule has 14 heteroatoms. The molecule has 1 aliphatic rings. The molecule has 0 amide bonds. The maximum absolute atomic E-state index is 11.0. The zero-order chi connectivity index (χ0) is 29.0. The number of ether oxygens (including phenoxy) is 8. The van der Waals surface area contributed by atoms with Crippen molar-refractivity contribution in [2.75, 3.05) is 93.5 Å². The minimum absolute atomic E-state index is 0.0341. The standard InChI is InChI=1S/C25H50O14/c1-4-17(20(32-2)15-36-12-11-34-8-5-26)22(30)19(29)14-37-13-18-21(16-35-9-6-27)39-25(33-3)24(23(18)31)38-10-7-28/h17-31H,4-16H2,1-3H3. The second-order valence-electron chi connectivity index (χ2n) is 9.14. The van der Waals surface area contributed by atoms with Crippen molar-refractivity contribution in [3.63, 3.8) is 0 Å². The Hall–Kier alpha value is -0.560. The van der Waals surface area contributed by atoms with Gasteiger partial charge in [-0.25, -0.2) is 0 Å². The van der Waals surface area contributed by atoms with E-state index in [2.05, 4.69) is 0 Å². The van der Waals surface area contributed by atoms with Crippen LogP contribution in [0, 0.1) is 11.8 Å². The van der Waals surface area contributed by atoms with E-state index in [0.717, 1.165) is 0 Å². The average Bonchev–Trinajstić information content (AvgIpc) is 2.94. The van der Waals surface area contributed by atoms with Crippen molar-refractivity contribution in [3.8, 4) is 0 Å². The highest BCUT2D eigenvalue weighted by Gasteiger charge is 2.46. The van der Waals surface area contributed by atoms with E-state index in [0.29, 0.717) is 19.6 Å². The van der Waals surface area contributed by atoms with Gasteiger partial charge in [0, 0.05) is 26.1 Å². The van der Waals surface area contributed by atoms with Gasteiger partial charge in [-0.1, -0.05) is 6.92 Å². The Kier molecular flexibility index (Phi) is 20.7. The van der Waals surface area contributed by atoms with Crippen LogP contribution in [0.15, 0.2) is 0 Å². The summed E-state index contributed by atoms with van der Waals surface area (Å²) in [7, 11) is 2.90. The highest BCUT2D eigenvalue weighted by molar-refractivity contribution is 4.90. The van der Waals surface area contributed by atoms with Crippen LogP contribution >= 0.6 is 0 Å². The first-order chi connectivity index (χ1) is 18.9. The van der Waals surface area contributed by atoms with Crippen LogP contribution < -0.4 is 0 Å². The van der Waals surface area contributed by atoms with E-state index in [-0.39, 0.29) is 66.1 Å². The third-order valence-electron chi connectivity index (χ3n) is 6.55. The van der Waals surface area contributed by atoms with Crippen LogP contribution in [0.3, 0.4) is 0 Å². The lowest BCUT2D eigenvalue weighted by atomic mass is 9.89. The van der Waals surface area contributed by atoms with Gasteiger partial charge in [0.15, 0.2) is 6.29 Å². The van der Waals surface area contributed by atoms with E-state index in [1.54, 1.807) is 0 Å². The molecule has 39 heavy (non-hydrogen) atoms. The molecule has 0 aromatic rings. The molecule has 9 atom stereocenters. The van der Waals surface area contributed by atoms with Crippen LogP contribution in [0.2, 0.25) is 0 Å². The fourth-order valence-corrected chi connectivity index (χ4v) is 4.45. The quantitative estimate of drug-likeness (QED) is 0.0664. The molecular formula is C25H50O14. The van der Waals surface area contributed by atoms with Crippen LogP contribution in [0.4, 0.5) is 0 Å². The fraction of sp³-hybridized carbons (Fsp3) is 1.00. The molecule has 0 aromatic carbocycles. The highest BCUT2D eigenvalue weighted by atomic mass is 16.7. The minimum Gasteiger partial charge on any atom is -0.394 e. The lowest BCUT2D eigenvalue weighted by molar-refractivity contribution is -0.300. The summed E-state index contributed by atoms with van der Waals surface area (Å²) in [6.07, 6.45) is -6.02. The normalized spacial score (nSPS) is 26.8. The summed E-state index contributed by atoms with van der Waals surface area (Å²) >= 11 is 0. The molecule has 9 unspecified atom stereocenters. The van der Waals surface area contributed by atoms with Gasteiger partial charge in [-0.15, -0.1) is 0 Å². The Labute approximate surface area is 230 Å². The van der Waals surface area contributed by atoms with Crippen LogP contribution in [0.25, 0.3) is 0 Å². The van der Waals surface area contributed by atoms with Crippen molar-refractivity contribution >= 4 is 0 Å². The lowest BCUT2D eigenvalue weighted by Gasteiger charge is -2.43. The summed E-state index contributed by atoms with van der Waals surface area (Å²) in [6, 6.07) is 0. The smallest absolute Gasteiger partial charge is 0.186 e. The number of rotatable bonds is 24. The third-order valence-corrected chi connectivity index (χ3v) is 6.55. The Bertz CT molecular complexity index is 571. The summed E-state index contributed by atoms with van der Waals surface area (Å²) in [5.41, 5.74) is 0. The van der Waals surface area contributed by atoms with Crippen molar-refractivity contribution in [2.24, 2.45) is 11.8 Å². The van der Waals surface area contributed by atoms with Crippen LogP contribution in [0.1, 0.15) is 13.3 Å². The average molecular weight is 575 g/mol. The van der Waals surface area contributed by atoms with Gasteiger partial charge in [-0.2, -0.15) is 0 Å². The molecular weight excluding hydrogens is 524 g/mol.